The molecule has 2 N–H and O–H groups in total. The number of halogens is 1. The molecule has 0 aliphatic carbocycles. The highest BCUT2D eigenvalue weighted by molar-refractivity contribution is 6.34. The van der Waals surface area contributed by atoms with Gasteiger partial charge in [0.25, 0.3) is 5.91 Å². The van der Waals surface area contributed by atoms with Crippen LogP contribution in [0, 0.1) is 6.92 Å². The van der Waals surface area contributed by atoms with Crippen molar-refractivity contribution in [1.82, 2.24) is 4.98 Å². The number of carbonyl (C=O) groups is 1. The van der Waals surface area contributed by atoms with Crippen LogP contribution in [0.15, 0.2) is 36.4 Å². The molecule has 0 aliphatic heterocycles. The molecule has 2 rings (SSSR count). The normalized spacial score (nSPS) is 10.2. The Morgan fingerprint density at radius 3 is 2.81 bits per heavy atom. The van der Waals surface area contributed by atoms with E-state index in [0.29, 0.717) is 10.8 Å². The van der Waals surface area contributed by atoms with Gasteiger partial charge in [-0.25, -0.2) is 4.98 Å². The van der Waals surface area contributed by atoms with Gasteiger partial charge in [0.1, 0.15) is 11.5 Å². The summed E-state index contributed by atoms with van der Waals surface area (Å²) in [6.07, 6.45) is 0.981. The lowest BCUT2D eigenvalue weighted by molar-refractivity contribution is 0.102. The number of benzene rings is 1. The average Bonchev–Trinajstić information content (AvgIpc) is 2.46. The zero-order chi connectivity index (χ0) is 15.2. The highest BCUT2D eigenvalue weighted by atomic mass is 35.5. The standard InChI is InChI=1S/C16H18ClN3O/c1-3-9-18-14-8-7-13(17)15(20-14)16(21)19-12-6-4-5-11(2)10-12/h4-8,10H,3,9H2,1-2H3,(H,18,20)(H,19,21). The Hall–Kier alpha value is -2.07. The summed E-state index contributed by atoms with van der Waals surface area (Å²) in [5.41, 5.74) is 2.02. The fourth-order valence-electron chi connectivity index (χ4n) is 1.87. The number of hydrogen-bond donors (Lipinski definition) is 2. The molecule has 0 atom stereocenters. The lowest BCUT2D eigenvalue weighted by Crippen LogP contribution is -2.15. The van der Waals surface area contributed by atoms with E-state index in [-0.39, 0.29) is 11.6 Å². The van der Waals surface area contributed by atoms with Gasteiger partial charge in [0, 0.05) is 12.2 Å². The Bertz CT molecular complexity index is 643. The van der Waals surface area contributed by atoms with Crippen LogP contribution in [0.4, 0.5) is 11.5 Å². The minimum absolute atomic E-state index is 0.222. The number of pyridine rings is 1. The molecule has 0 radical (unpaired) electrons. The maximum atomic E-state index is 12.3. The second-order valence-electron chi connectivity index (χ2n) is 4.78. The maximum absolute atomic E-state index is 12.3. The summed E-state index contributed by atoms with van der Waals surface area (Å²) in [5.74, 6) is 0.335. The molecule has 0 bridgehead atoms. The zero-order valence-corrected chi connectivity index (χ0v) is 12.9. The minimum atomic E-state index is -0.314. The number of amides is 1. The van der Waals surface area contributed by atoms with E-state index >= 15 is 0 Å². The first-order valence-corrected chi connectivity index (χ1v) is 7.26. The lowest BCUT2D eigenvalue weighted by Gasteiger charge is -2.09. The van der Waals surface area contributed by atoms with Gasteiger partial charge in [-0.2, -0.15) is 0 Å². The van der Waals surface area contributed by atoms with Crippen LogP contribution in [0.2, 0.25) is 5.02 Å². The van der Waals surface area contributed by atoms with Crippen LogP contribution in [0.5, 0.6) is 0 Å². The van der Waals surface area contributed by atoms with E-state index in [1.54, 1.807) is 12.1 Å². The Balaban J connectivity index is 2.18. The summed E-state index contributed by atoms with van der Waals surface area (Å²) < 4.78 is 0. The number of nitrogens with zero attached hydrogens (tertiary/aromatic N) is 1. The maximum Gasteiger partial charge on any atom is 0.275 e. The number of nitrogens with one attached hydrogen (secondary N) is 2. The van der Waals surface area contributed by atoms with Crippen LogP contribution in [-0.4, -0.2) is 17.4 Å². The first-order valence-electron chi connectivity index (χ1n) is 6.88. The Morgan fingerprint density at radius 1 is 1.29 bits per heavy atom. The van der Waals surface area contributed by atoms with Crippen molar-refractivity contribution in [3.8, 4) is 0 Å². The highest BCUT2D eigenvalue weighted by Crippen LogP contribution is 2.19. The molecule has 0 unspecified atom stereocenters. The quantitative estimate of drug-likeness (QED) is 0.873. The van der Waals surface area contributed by atoms with Crippen molar-refractivity contribution in [3.63, 3.8) is 0 Å². The van der Waals surface area contributed by atoms with Gasteiger partial charge in [-0.15, -0.1) is 0 Å². The van der Waals surface area contributed by atoms with E-state index in [4.69, 9.17) is 11.6 Å². The molecule has 21 heavy (non-hydrogen) atoms. The highest BCUT2D eigenvalue weighted by Gasteiger charge is 2.13. The molecule has 110 valence electrons. The van der Waals surface area contributed by atoms with Crippen molar-refractivity contribution in [2.24, 2.45) is 0 Å². The van der Waals surface area contributed by atoms with Crippen LogP contribution in [0.3, 0.4) is 0 Å². The van der Waals surface area contributed by atoms with Gasteiger partial charge in [-0.3, -0.25) is 4.79 Å². The van der Waals surface area contributed by atoms with Crippen LogP contribution in [-0.2, 0) is 0 Å². The van der Waals surface area contributed by atoms with Crippen LogP contribution >= 0.6 is 11.6 Å². The molecule has 5 heteroatoms. The Morgan fingerprint density at radius 2 is 2.10 bits per heavy atom. The zero-order valence-electron chi connectivity index (χ0n) is 12.1. The van der Waals surface area contributed by atoms with Gasteiger partial charge < -0.3 is 10.6 Å². The number of anilines is 2. The summed E-state index contributed by atoms with van der Waals surface area (Å²) in [7, 11) is 0. The molecule has 0 aliphatic rings. The number of carbonyl (C=O) groups excluding carboxylic acids is 1. The van der Waals surface area contributed by atoms with Crippen molar-refractivity contribution < 1.29 is 4.79 Å². The first-order chi connectivity index (χ1) is 10.1. The van der Waals surface area contributed by atoms with Gasteiger partial charge >= 0.3 is 0 Å². The lowest BCUT2D eigenvalue weighted by atomic mass is 10.2. The first kappa shape index (κ1) is 15.3. The molecule has 0 fully saturated rings. The molecular weight excluding hydrogens is 286 g/mol. The van der Waals surface area contributed by atoms with E-state index in [1.165, 1.54) is 0 Å². The van der Waals surface area contributed by atoms with Gasteiger partial charge in [0.2, 0.25) is 0 Å². The van der Waals surface area contributed by atoms with E-state index in [0.717, 1.165) is 24.2 Å². The molecule has 2 aromatic rings. The van der Waals surface area contributed by atoms with Crippen LogP contribution in [0.25, 0.3) is 0 Å². The third-order valence-electron chi connectivity index (χ3n) is 2.89. The van der Waals surface area contributed by atoms with Crippen molar-refractivity contribution >= 4 is 29.0 Å². The van der Waals surface area contributed by atoms with E-state index in [9.17, 15) is 4.79 Å². The predicted molar refractivity (Wildman–Crippen MR) is 87.2 cm³/mol. The smallest absolute Gasteiger partial charge is 0.275 e. The minimum Gasteiger partial charge on any atom is -0.370 e. The van der Waals surface area contributed by atoms with Gasteiger partial charge in [0.05, 0.1) is 5.02 Å². The van der Waals surface area contributed by atoms with Crippen molar-refractivity contribution in [3.05, 3.63) is 52.7 Å². The number of aryl methyl sites for hydroxylation is 1. The second-order valence-corrected chi connectivity index (χ2v) is 5.18. The summed E-state index contributed by atoms with van der Waals surface area (Å²) in [5, 5.41) is 6.28. The average molecular weight is 304 g/mol. The van der Waals surface area contributed by atoms with Crippen LogP contribution < -0.4 is 10.6 Å². The molecule has 1 aromatic heterocycles. The Labute approximate surface area is 129 Å². The van der Waals surface area contributed by atoms with Crippen molar-refractivity contribution in [1.29, 1.82) is 0 Å². The summed E-state index contributed by atoms with van der Waals surface area (Å²) in [6, 6.07) is 11.0. The SMILES string of the molecule is CCCNc1ccc(Cl)c(C(=O)Nc2cccc(C)c2)n1. The summed E-state index contributed by atoms with van der Waals surface area (Å²) in [6.45, 7) is 4.83. The monoisotopic (exact) mass is 303 g/mol. The number of aromatic nitrogens is 1. The molecule has 0 saturated carbocycles. The van der Waals surface area contributed by atoms with Gasteiger partial charge in [-0.1, -0.05) is 30.7 Å². The molecule has 0 spiro atoms. The molecule has 1 amide bonds. The molecule has 0 saturated heterocycles. The predicted octanol–water partition coefficient (Wildman–Crippen LogP) is 4.12. The summed E-state index contributed by atoms with van der Waals surface area (Å²) in [4.78, 5) is 16.6. The van der Waals surface area contributed by atoms with Crippen molar-refractivity contribution in [2.75, 3.05) is 17.2 Å². The largest absolute Gasteiger partial charge is 0.370 e. The van der Waals surface area contributed by atoms with E-state index in [1.807, 2.05) is 31.2 Å². The van der Waals surface area contributed by atoms with Gasteiger partial charge in [-0.05, 0) is 43.2 Å². The second kappa shape index (κ2) is 7.09. The van der Waals surface area contributed by atoms with Crippen molar-refractivity contribution in [2.45, 2.75) is 20.3 Å². The number of hydrogen-bond acceptors (Lipinski definition) is 3. The fraction of sp³-hybridized carbons (Fsp3) is 0.250. The topological polar surface area (TPSA) is 54.0 Å². The number of rotatable bonds is 5. The van der Waals surface area contributed by atoms with E-state index < -0.39 is 0 Å². The van der Waals surface area contributed by atoms with Gasteiger partial charge in [0.15, 0.2) is 0 Å². The Kier molecular flexibility index (Phi) is 5.17. The third-order valence-corrected chi connectivity index (χ3v) is 3.20. The van der Waals surface area contributed by atoms with Crippen LogP contribution in [0.1, 0.15) is 29.4 Å². The fourth-order valence-corrected chi connectivity index (χ4v) is 2.06. The molecule has 1 aromatic carbocycles. The third kappa shape index (κ3) is 4.20. The van der Waals surface area contributed by atoms with E-state index in [2.05, 4.69) is 22.5 Å². The summed E-state index contributed by atoms with van der Waals surface area (Å²) >= 11 is 6.07. The molecule has 1 heterocycles. The molecule has 4 nitrogen and oxygen atoms in total. The molecular formula is C16H18ClN3O.